The molecule has 0 amide bonds. The highest BCUT2D eigenvalue weighted by atomic mass is 16.5. The van der Waals surface area contributed by atoms with E-state index in [1.54, 1.807) is 7.11 Å². The topological polar surface area (TPSA) is 49.8 Å². The third kappa shape index (κ3) is 4.21. The molecule has 1 aromatic carbocycles. The molecule has 1 aliphatic carbocycles. The largest absolute Gasteiger partial charge is 0.497 e. The summed E-state index contributed by atoms with van der Waals surface area (Å²) in [4.78, 5) is 13.7. The van der Waals surface area contributed by atoms with Crippen molar-refractivity contribution < 1.29 is 14.6 Å². The second kappa shape index (κ2) is 7.46. The Hall–Kier alpha value is -1.55. The quantitative estimate of drug-likeness (QED) is 0.847. The number of hydrogen-bond donors (Lipinski definition) is 1. The Labute approximate surface area is 126 Å². The van der Waals surface area contributed by atoms with Gasteiger partial charge in [-0.25, -0.2) is 0 Å². The molecule has 0 aliphatic heterocycles. The maximum absolute atomic E-state index is 11.5. The zero-order valence-corrected chi connectivity index (χ0v) is 12.9. The molecule has 4 heteroatoms. The van der Waals surface area contributed by atoms with Crippen molar-refractivity contribution in [3.8, 4) is 5.75 Å². The van der Waals surface area contributed by atoms with Crippen LogP contribution in [-0.4, -0.2) is 36.2 Å². The molecule has 2 rings (SSSR count). The van der Waals surface area contributed by atoms with Crippen LogP contribution in [0.15, 0.2) is 24.3 Å². The molecule has 1 aliphatic rings. The number of carboxylic acids is 1. The second-order valence-electron chi connectivity index (χ2n) is 5.92. The zero-order chi connectivity index (χ0) is 15.2. The average Bonchev–Trinajstić information content (AvgIpc) is 2.73. The van der Waals surface area contributed by atoms with Gasteiger partial charge in [-0.1, -0.05) is 31.4 Å². The minimum atomic E-state index is -0.653. The molecule has 4 nitrogen and oxygen atoms in total. The van der Waals surface area contributed by atoms with Gasteiger partial charge < -0.3 is 9.84 Å². The maximum Gasteiger partial charge on any atom is 0.308 e. The summed E-state index contributed by atoms with van der Waals surface area (Å²) in [6.45, 7) is 0.756. The van der Waals surface area contributed by atoms with Crippen LogP contribution in [0.2, 0.25) is 0 Å². The van der Waals surface area contributed by atoms with E-state index in [0.29, 0.717) is 0 Å². The van der Waals surface area contributed by atoms with Gasteiger partial charge in [0.25, 0.3) is 0 Å². The number of carboxylic acid groups (broad SMARTS) is 1. The maximum atomic E-state index is 11.5. The average molecular weight is 291 g/mol. The first-order chi connectivity index (χ1) is 10.1. The van der Waals surface area contributed by atoms with Crippen LogP contribution in [0.5, 0.6) is 5.75 Å². The van der Waals surface area contributed by atoms with Crippen LogP contribution >= 0.6 is 0 Å². The summed E-state index contributed by atoms with van der Waals surface area (Å²) in [6, 6.07) is 8.10. The molecular weight excluding hydrogens is 266 g/mol. The van der Waals surface area contributed by atoms with Crippen molar-refractivity contribution in [2.45, 2.75) is 44.7 Å². The van der Waals surface area contributed by atoms with Crippen LogP contribution in [0.3, 0.4) is 0 Å². The number of benzene rings is 1. The molecule has 0 aromatic heterocycles. The Morgan fingerprint density at radius 2 is 2.10 bits per heavy atom. The van der Waals surface area contributed by atoms with Gasteiger partial charge >= 0.3 is 5.97 Å². The summed E-state index contributed by atoms with van der Waals surface area (Å²) in [5, 5.41) is 9.48. The van der Waals surface area contributed by atoms with Gasteiger partial charge in [0.2, 0.25) is 0 Å². The van der Waals surface area contributed by atoms with Crippen molar-refractivity contribution >= 4 is 5.97 Å². The van der Waals surface area contributed by atoms with E-state index >= 15 is 0 Å². The summed E-state index contributed by atoms with van der Waals surface area (Å²) >= 11 is 0. The molecule has 0 radical (unpaired) electrons. The molecule has 2 unspecified atom stereocenters. The molecule has 1 saturated carbocycles. The molecule has 1 aromatic rings. The molecule has 0 spiro atoms. The lowest BCUT2D eigenvalue weighted by Crippen LogP contribution is -2.40. The molecule has 0 bridgehead atoms. The number of rotatable bonds is 5. The van der Waals surface area contributed by atoms with Crippen molar-refractivity contribution in [2.24, 2.45) is 5.92 Å². The van der Waals surface area contributed by atoms with Gasteiger partial charge in [-0.15, -0.1) is 0 Å². The van der Waals surface area contributed by atoms with Crippen LogP contribution in [0.1, 0.15) is 37.7 Å². The van der Waals surface area contributed by atoms with E-state index in [1.807, 2.05) is 25.2 Å². The van der Waals surface area contributed by atoms with E-state index in [2.05, 4.69) is 11.0 Å². The van der Waals surface area contributed by atoms with Gasteiger partial charge in [0.05, 0.1) is 13.0 Å². The summed E-state index contributed by atoms with van der Waals surface area (Å²) in [5.74, 6) is -0.0564. The standard InChI is InChI=1S/C17H25NO3/c1-18(12-13-7-6-8-14(11-13)21-2)16-10-5-3-4-9-15(16)17(19)20/h6-8,11,15-16H,3-5,9-10,12H2,1-2H3,(H,19,20). The van der Waals surface area contributed by atoms with Crippen molar-refractivity contribution in [1.82, 2.24) is 4.90 Å². The summed E-state index contributed by atoms with van der Waals surface area (Å²) in [5.41, 5.74) is 1.16. The highest BCUT2D eigenvalue weighted by Crippen LogP contribution is 2.28. The van der Waals surface area contributed by atoms with Crippen molar-refractivity contribution in [1.29, 1.82) is 0 Å². The first-order valence-electron chi connectivity index (χ1n) is 7.68. The molecule has 0 saturated heterocycles. The Bertz CT molecular complexity index is 475. The Morgan fingerprint density at radius 1 is 1.33 bits per heavy atom. The number of carbonyl (C=O) groups is 1. The molecule has 2 atom stereocenters. The van der Waals surface area contributed by atoms with Gasteiger partial charge in [0.15, 0.2) is 0 Å². The molecule has 1 fully saturated rings. The Morgan fingerprint density at radius 3 is 2.81 bits per heavy atom. The summed E-state index contributed by atoms with van der Waals surface area (Å²) < 4.78 is 5.25. The fourth-order valence-corrected chi connectivity index (χ4v) is 3.28. The fraction of sp³-hybridized carbons (Fsp3) is 0.588. The molecule has 21 heavy (non-hydrogen) atoms. The third-order valence-corrected chi connectivity index (χ3v) is 4.43. The van der Waals surface area contributed by atoms with E-state index in [1.165, 1.54) is 0 Å². The highest BCUT2D eigenvalue weighted by molar-refractivity contribution is 5.70. The van der Waals surface area contributed by atoms with Crippen molar-refractivity contribution in [3.05, 3.63) is 29.8 Å². The molecule has 116 valence electrons. The van der Waals surface area contributed by atoms with Crippen LogP contribution in [-0.2, 0) is 11.3 Å². The van der Waals surface area contributed by atoms with Crippen LogP contribution < -0.4 is 4.74 Å². The molecule has 0 heterocycles. The van der Waals surface area contributed by atoms with Gasteiger partial charge in [-0.3, -0.25) is 9.69 Å². The lowest BCUT2D eigenvalue weighted by Gasteiger charge is -2.31. The van der Waals surface area contributed by atoms with E-state index in [0.717, 1.165) is 50.0 Å². The number of ether oxygens (including phenoxy) is 1. The van der Waals surface area contributed by atoms with Gasteiger partial charge in [0, 0.05) is 12.6 Å². The van der Waals surface area contributed by atoms with Gasteiger partial charge in [0.1, 0.15) is 5.75 Å². The highest BCUT2D eigenvalue weighted by Gasteiger charge is 2.32. The first kappa shape index (κ1) is 15.8. The Balaban J connectivity index is 2.08. The van der Waals surface area contributed by atoms with E-state index in [9.17, 15) is 9.90 Å². The Kier molecular flexibility index (Phi) is 5.62. The fourth-order valence-electron chi connectivity index (χ4n) is 3.28. The normalized spacial score (nSPS) is 22.8. The first-order valence-corrected chi connectivity index (χ1v) is 7.68. The summed E-state index contributed by atoms with van der Waals surface area (Å²) in [7, 11) is 3.69. The third-order valence-electron chi connectivity index (χ3n) is 4.43. The van der Waals surface area contributed by atoms with Crippen LogP contribution in [0.4, 0.5) is 0 Å². The molecule has 1 N–H and O–H groups in total. The minimum absolute atomic E-state index is 0.121. The predicted molar refractivity (Wildman–Crippen MR) is 82.5 cm³/mol. The minimum Gasteiger partial charge on any atom is -0.497 e. The van der Waals surface area contributed by atoms with E-state index in [4.69, 9.17) is 4.74 Å². The second-order valence-corrected chi connectivity index (χ2v) is 5.92. The molecular formula is C17H25NO3. The number of hydrogen-bond acceptors (Lipinski definition) is 3. The zero-order valence-electron chi connectivity index (χ0n) is 12.9. The van der Waals surface area contributed by atoms with Crippen LogP contribution in [0, 0.1) is 5.92 Å². The lowest BCUT2D eigenvalue weighted by molar-refractivity contribution is -0.144. The number of methoxy groups -OCH3 is 1. The number of nitrogens with zero attached hydrogens (tertiary/aromatic N) is 1. The predicted octanol–water partition coefficient (Wildman–Crippen LogP) is 3.16. The van der Waals surface area contributed by atoms with E-state index in [-0.39, 0.29) is 12.0 Å². The van der Waals surface area contributed by atoms with Gasteiger partial charge in [-0.2, -0.15) is 0 Å². The smallest absolute Gasteiger partial charge is 0.308 e. The number of aliphatic carboxylic acids is 1. The van der Waals surface area contributed by atoms with E-state index < -0.39 is 5.97 Å². The lowest BCUT2D eigenvalue weighted by atomic mass is 9.93. The van der Waals surface area contributed by atoms with Crippen molar-refractivity contribution in [2.75, 3.05) is 14.2 Å². The SMILES string of the molecule is COc1cccc(CN(C)C2CCCCCC2C(=O)O)c1. The van der Waals surface area contributed by atoms with Gasteiger partial charge in [-0.05, 0) is 37.6 Å². The summed E-state index contributed by atoms with van der Waals surface area (Å²) in [6.07, 6.45) is 5.06. The van der Waals surface area contributed by atoms with Crippen LogP contribution in [0.25, 0.3) is 0 Å². The van der Waals surface area contributed by atoms with Crippen molar-refractivity contribution in [3.63, 3.8) is 0 Å². The monoisotopic (exact) mass is 291 g/mol.